The largest absolute Gasteiger partial charge is 0.378 e. The van der Waals surface area contributed by atoms with Crippen LogP contribution in [0.2, 0.25) is 0 Å². The van der Waals surface area contributed by atoms with E-state index in [0.717, 1.165) is 12.8 Å². The number of morpholine rings is 1. The van der Waals surface area contributed by atoms with Crippen LogP contribution in [-0.4, -0.2) is 90.6 Å². The topological polar surface area (TPSA) is 111 Å². The van der Waals surface area contributed by atoms with Crippen molar-refractivity contribution < 1.29 is 14.3 Å². The van der Waals surface area contributed by atoms with Crippen LogP contribution in [0.1, 0.15) is 33.8 Å². The molecule has 0 aliphatic carbocycles. The average molecular weight is 424 g/mol. The van der Waals surface area contributed by atoms with Crippen LogP contribution in [0.3, 0.4) is 0 Å². The van der Waals surface area contributed by atoms with Crippen molar-refractivity contribution in [2.24, 2.45) is 5.92 Å². The molecule has 1 atom stereocenters. The van der Waals surface area contributed by atoms with E-state index in [0.29, 0.717) is 63.0 Å². The van der Waals surface area contributed by atoms with E-state index in [1.54, 1.807) is 44.8 Å². The molecule has 11 heteroatoms. The Morgan fingerprint density at radius 1 is 1.10 bits per heavy atom. The van der Waals surface area contributed by atoms with Crippen molar-refractivity contribution in [2.45, 2.75) is 19.4 Å². The standard InChI is InChI=1S/C20H24N8O3/c29-19(16-11-18-21-4-2-6-28(18)23-16)26-5-1-3-15(12-26)13-27-14-17(22-24-27)20(30)25-7-9-31-10-8-25/h2,4,6,11,14-15H,1,3,5,7-10,12-13H2/t15-/m1/s1. The Morgan fingerprint density at radius 2 is 1.94 bits per heavy atom. The average Bonchev–Trinajstić information content (AvgIpc) is 3.46. The number of fused-ring (bicyclic) bond motifs is 1. The molecule has 2 saturated heterocycles. The lowest BCUT2D eigenvalue weighted by molar-refractivity contribution is 0.0299. The summed E-state index contributed by atoms with van der Waals surface area (Å²) in [6.45, 7) is 4.18. The van der Waals surface area contributed by atoms with Gasteiger partial charge in [0.15, 0.2) is 17.0 Å². The molecule has 5 heterocycles. The van der Waals surface area contributed by atoms with Crippen LogP contribution >= 0.6 is 0 Å². The molecule has 2 aliphatic heterocycles. The molecule has 11 nitrogen and oxygen atoms in total. The van der Waals surface area contributed by atoms with Crippen LogP contribution in [0.25, 0.3) is 5.65 Å². The molecule has 0 spiro atoms. The summed E-state index contributed by atoms with van der Waals surface area (Å²) in [4.78, 5) is 33.3. The second kappa shape index (κ2) is 8.42. The Balaban J connectivity index is 1.22. The molecule has 0 radical (unpaired) electrons. The third kappa shape index (κ3) is 4.13. The quantitative estimate of drug-likeness (QED) is 0.594. The summed E-state index contributed by atoms with van der Waals surface area (Å²) in [5.41, 5.74) is 1.40. The normalized spacial score (nSPS) is 19.7. The smallest absolute Gasteiger partial charge is 0.276 e. The highest BCUT2D eigenvalue weighted by molar-refractivity contribution is 5.93. The number of hydrogen-bond acceptors (Lipinski definition) is 7. The van der Waals surface area contributed by atoms with Crippen molar-refractivity contribution >= 4 is 17.5 Å². The number of hydrogen-bond donors (Lipinski definition) is 0. The molecule has 0 bridgehead atoms. The number of piperidine rings is 1. The monoisotopic (exact) mass is 424 g/mol. The Morgan fingerprint density at radius 3 is 2.77 bits per heavy atom. The lowest BCUT2D eigenvalue weighted by atomic mass is 9.98. The van der Waals surface area contributed by atoms with Gasteiger partial charge in [0.05, 0.1) is 19.4 Å². The molecular formula is C20H24N8O3. The van der Waals surface area contributed by atoms with Crippen molar-refractivity contribution in [1.82, 2.24) is 39.4 Å². The van der Waals surface area contributed by atoms with E-state index in [2.05, 4.69) is 20.4 Å². The molecule has 0 N–H and O–H groups in total. The summed E-state index contributed by atoms with van der Waals surface area (Å²) in [6.07, 6.45) is 7.06. The number of aromatic nitrogens is 6. The van der Waals surface area contributed by atoms with Gasteiger partial charge in [-0.25, -0.2) is 9.50 Å². The molecule has 2 amide bonds. The van der Waals surface area contributed by atoms with Gasteiger partial charge in [0, 0.05) is 51.2 Å². The van der Waals surface area contributed by atoms with Crippen LogP contribution in [0.5, 0.6) is 0 Å². The Labute approximate surface area is 178 Å². The molecule has 162 valence electrons. The van der Waals surface area contributed by atoms with E-state index in [4.69, 9.17) is 4.74 Å². The number of nitrogens with zero attached hydrogens (tertiary/aromatic N) is 8. The first kappa shape index (κ1) is 19.6. The minimum Gasteiger partial charge on any atom is -0.378 e. The van der Waals surface area contributed by atoms with Crippen molar-refractivity contribution in [2.75, 3.05) is 39.4 Å². The summed E-state index contributed by atoms with van der Waals surface area (Å²) in [7, 11) is 0. The number of carbonyl (C=O) groups excluding carboxylic acids is 2. The Kier molecular flexibility index (Phi) is 5.33. The predicted molar refractivity (Wildman–Crippen MR) is 108 cm³/mol. The van der Waals surface area contributed by atoms with Crippen molar-refractivity contribution in [3.05, 3.63) is 42.1 Å². The van der Waals surface area contributed by atoms with Crippen molar-refractivity contribution in [3.63, 3.8) is 0 Å². The van der Waals surface area contributed by atoms with E-state index in [9.17, 15) is 9.59 Å². The number of rotatable bonds is 4. The highest BCUT2D eigenvalue weighted by Gasteiger charge is 2.27. The summed E-state index contributed by atoms with van der Waals surface area (Å²) in [5.74, 6) is 0.0355. The second-order valence-corrected chi connectivity index (χ2v) is 7.94. The Bertz CT molecular complexity index is 1050. The fourth-order valence-electron chi connectivity index (χ4n) is 4.17. The van der Waals surface area contributed by atoms with Gasteiger partial charge in [0.25, 0.3) is 11.8 Å². The maximum atomic E-state index is 13.0. The van der Waals surface area contributed by atoms with Crippen molar-refractivity contribution in [3.8, 4) is 0 Å². The first-order valence-electron chi connectivity index (χ1n) is 10.5. The zero-order valence-corrected chi connectivity index (χ0v) is 17.1. The molecule has 0 unspecified atom stereocenters. The highest BCUT2D eigenvalue weighted by Crippen LogP contribution is 2.20. The number of ether oxygens (including phenoxy) is 1. The van der Waals surface area contributed by atoms with Gasteiger partial charge in [0.2, 0.25) is 0 Å². The first-order chi connectivity index (χ1) is 15.2. The lowest BCUT2D eigenvalue weighted by Crippen LogP contribution is -2.41. The first-order valence-corrected chi connectivity index (χ1v) is 10.5. The number of carbonyl (C=O) groups is 2. The maximum Gasteiger partial charge on any atom is 0.276 e. The van der Waals surface area contributed by atoms with Crippen LogP contribution in [0, 0.1) is 5.92 Å². The Hall–Kier alpha value is -3.34. The van der Waals surface area contributed by atoms with Gasteiger partial charge in [-0.1, -0.05) is 5.21 Å². The molecule has 3 aromatic heterocycles. The molecule has 3 aromatic rings. The van der Waals surface area contributed by atoms with Gasteiger partial charge in [-0.15, -0.1) is 5.10 Å². The van der Waals surface area contributed by atoms with Gasteiger partial charge in [-0.3, -0.25) is 14.3 Å². The third-order valence-corrected chi connectivity index (χ3v) is 5.76. The SMILES string of the molecule is O=C(c1cn(C[C@@H]2CCCN(C(=O)c3cc4ncccn4n3)C2)nn1)N1CCOCC1. The lowest BCUT2D eigenvalue weighted by Gasteiger charge is -2.32. The van der Waals surface area contributed by atoms with E-state index in [1.807, 2.05) is 4.90 Å². The summed E-state index contributed by atoms with van der Waals surface area (Å²) >= 11 is 0. The second-order valence-electron chi connectivity index (χ2n) is 7.94. The molecule has 5 rings (SSSR count). The molecule has 31 heavy (non-hydrogen) atoms. The minimum absolute atomic E-state index is 0.0861. The maximum absolute atomic E-state index is 13.0. The summed E-state index contributed by atoms with van der Waals surface area (Å²) in [6, 6.07) is 3.49. The fraction of sp³-hybridized carbons (Fsp3) is 0.500. The van der Waals surface area contributed by atoms with Gasteiger partial charge in [0.1, 0.15) is 0 Å². The van der Waals surface area contributed by atoms with Crippen LogP contribution in [-0.2, 0) is 11.3 Å². The zero-order valence-electron chi connectivity index (χ0n) is 17.1. The van der Waals surface area contributed by atoms with E-state index < -0.39 is 0 Å². The zero-order chi connectivity index (χ0) is 21.2. The van der Waals surface area contributed by atoms with Gasteiger partial charge in [-0.05, 0) is 24.8 Å². The fourth-order valence-corrected chi connectivity index (χ4v) is 4.17. The third-order valence-electron chi connectivity index (χ3n) is 5.76. The van der Waals surface area contributed by atoms with Crippen LogP contribution < -0.4 is 0 Å². The van der Waals surface area contributed by atoms with E-state index in [-0.39, 0.29) is 17.7 Å². The molecule has 0 aromatic carbocycles. The van der Waals surface area contributed by atoms with E-state index in [1.165, 1.54) is 0 Å². The molecular weight excluding hydrogens is 400 g/mol. The number of amides is 2. The van der Waals surface area contributed by atoms with E-state index >= 15 is 0 Å². The summed E-state index contributed by atoms with van der Waals surface area (Å²) in [5, 5.41) is 12.6. The van der Waals surface area contributed by atoms with Crippen LogP contribution in [0.4, 0.5) is 0 Å². The molecule has 0 saturated carbocycles. The summed E-state index contributed by atoms with van der Waals surface area (Å²) < 4.78 is 8.61. The minimum atomic E-state index is -0.115. The van der Waals surface area contributed by atoms with Gasteiger partial charge < -0.3 is 14.5 Å². The van der Waals surface area contributed by atoms with Gasteiger partial charge >= 0.3 is 0 Å². The number of likely N-dealkylation sites (tertiary alicyclic amines) is 1. The van der Waals surface area contributed by atoms with Crippen LogP contribution in [0.15, 0.2) is 30.7 Å². The molecule has 2 fully saturated rings. The molecule has 2 aliphatic rings. The van der Waals surface area contributed by atoms with Crippen molar-refractivity contribution in [1.29, 1.82) is 0 Å². The van der Waals surface area contributed by atoms with Gasteiger partial charge in [-0.2, -0.15) is 5.10 Å². The highest BCUT2D eigenvalue weighted by atomic mass is 16.5. The predicted octanol–water partition coefficient (Wildman–Crippen LogP) is 0.346.